The van der Waals surface area contributed by atoms with Crippen LogP contribution in [0.15, 0.2) is 36.5 Å². The predicted octanol–water partition coefficient (Wildman–Crippen LogP) is 3.58. The van der Waals surface area contributed by atoms with E-state index in [4.69, 9.17) is 16.3 Å². The number of hydrogen-bond acceptors (Lipinski definition) is 3. The molecule has 0 bridgehead atoms. The second-order valence-corrected chi connectivity index (χ2v) is 4.62. The van der Waals surface area contributed by atoms with Gasteiger partial charge in [0.1, 0.15) is 17.3 Å². The Morgan fingerprint density at radius 1 is 1.35 bits per heavy atom. The van der Waals surface area contributed by atoms with Crippen LogP contribution < -0.4 is 10.1 Å². The third-order valence-electron chi connectivity index (χ3n) is 2.99. The minimum atomic E-state index is -0.454. The Morgan fingerprint density at radius 3 is 2.80 bits per heavy atom. The van der Waals surface area contributed by atoms with E-state index in [9.17, 15) is 4.39 Å². The van der Waals surface area contributed by atoms with E-state index in [0.717, 1.165) is 0 Å². The molecule has 20 heavy (non-hydrogen) atoms. The van der Waals surface area contributed by atoms with E-state index >= 15 is 0 Å². The normalized spacial score (nSPS) is 12.2. The molecule has 3 nitrogen and oxygen atoms in total. The summed E-state index contributed by atoms with van der Waals surface area (Å²) in [5, 5.41) is 3.57. The first kappa shape index (κ1) is 14.8. The minimum absolute atomic E-state index is 0.364. The zero-order chi connectivity index (χ0) is 14.5. The van der Waals surface area contributed by atoms with Crippen molar-refractivity contribution in [1.29, 1.82) is 0 Å². The number of hydrogen-bond donors (Lipinski definition) is 1. The topological polar surface area (TPSA) is 34.2 Å². The Morgan fingerprint density at radius 2 is 2.15 bits per heavy atom. The first-order valence-corrected chi connectivity index (χ1v) is 6.73. The number of methoxy groups -OCH3 is 1. The summed E-state index contributed by atoms with van der Waals surface area (Å²) in [4.78, 5) is 4.31. The Kier molecular flexibility index (Phi) is 4.93. The molecule has 1 atom stereocenters. The van der Waals surface area contributed by atoms with Gasteiger partial charge in [0.2, 0.25) is 0 Å². The quantitative estimate of drug-likeness (QED) is 0.915. The van der Waals surface area contributed by atoms with Gasteiger partial charge in [0, 0.05) is 16.8 Å². The van der Waals surface area contributed by atoms with Crippen molar-refractivity contribution in [3.05, 3.63) is 58.6 Å². The summed E-state index contributed by atoms with van der Waals surface area (Å²) in [5.41, 5.74) is 0.997. The highest BCUT2D eigenvalue weighted by Gasteiger charge is 2.24. The summed E-state index contributed by atoms with van der Waals surface area (Å²) >= 11 is 6.16. The molecule has 5 heteroatoms. The van der Waals surface area contributed by atoms with E-state index in [1.54, 1.807) is 37.6 Å². The van der Waals surface area contributed by atoms with Crippen molar-refractivity contribution in [2.45, 2.75) is 13.0 Å². The zero-order valence-corrected chi connectivity index (χ0v) is 12.1. The van der Waals surface area contributed by atoms with Gasteiger partial charge in [-0.25, -0.2) is 4.39 Å². The standard InChI is InChI=1S/C15H16ClFN2O/c1-3-18-15(13-10(16)6-4-7-11(13)17)14-12(20-2)8-5-9-19-14/h4-9,15,18H,3H2,1-2H3. The largest absolute Gasteiger partial charge is 0.495 e. The fraction of sp³-hybridized carbons (Fsp3) is 0.267. The molecule has 106 valence electrons. The van der Waals surface area contributed by atoms with E-state index in [0.29, 0.717) is 28.6 Å². The third-order valence-corrected chi connectivity index (χ3v) is 3.32. The predicted molar refractivity (Wildman–Crippen MR) is 77.7 cm³/mol. The zero-order valence-electron chi connectivity index (χ0n) is 11.4. The van der Waals surface area contributed by atoms with Gasteiger partial charge >= 0.3 is 0 Å². The van der Waals surface area contributed by atoms with Crippen LogP contribution in [-0.2, 0) is 0 Å². The average Bonchev–Trinajstić information content (AvgIpc) is 2.46. The molecule has 0 aliphatic rings. The molecular formula is C15H16ClFN2O. The minimum Gasteiger partial charge on any atom is -0.495 e. The number of benzene rings is 1. The lowest BCUT2D eigenvalue weighted by Crippen LogP contribution is -2.24. The maximum atomic E-state index is 14.2. The van der Waals surface area contributed by atoms with E-state index in [-0.39, 0.29) is 5.82 Å². The molecule has 0 saturated carbocycles. The third kappa shape index (κ3) is 2.92. The fourth-order valence-electron chi connectivity index (χ4n) is 2.12. The highest BCUT2D eigenvalue weighted by molar-refractivity contribution is 6.31. The van der Waals surface area contributed by atoms with Crippen LogP contribution in [0.2, 0.25) is 5.02 Å². The molecule has 0 aliphatic carbocycles. The van der Waals surface area contributed by atoms with Crippen molar-refractivity contribution in [3.63, 3.8) is 0 Å². The van der Waals surface area contributed by atoms with Crippen LogP contribution in [0.5, 0.6) is 5.75 Å². The lowest BCUT2D eigenvalue weighted by atomic mass is 10.0. The van der Waals surface area contributed by atoms with E-state index in [2.05, 4.69) is 10.3 Å². The van der Waals surface area contributed by atoms with Gasteiger partial charge in [0.15, 0.2) is 0 Å². The summed E-state index contributed by atoms with van der Waals surface area (Å²) < 4.78 is 19.5. The van der Waals surface area contributed by atoms with Gasteiger partial charge < -0.3 is 10.1 Å². The number of pyridine rings is 1. The molecule has 1 N–H and O–H groups in total. The van der Waals surface area contributed by atoms with Crippen LogP contribution in [0, 0.1) is 5.82 Å². The molecule has 0 radical (unpaired) electrons. The first-order chi connectivity index (χ1) is 9.69. The molecule has 0 saturated heterocycles. The van der Waals surface area contributed by atoms with Gasteiger partial charge in [0.05, 0.1) is 13.2 Å². The highest BCUT2D eigenvalue weighted by Crippen LogP contribution is 2.33. The summed E-state index contributed by atoms with van der Waals surface area (Å²) in [7, 11) is 1.56. The molecule has 0 aliphatic heterocycles. The number of ether oxygens (including phenoxy) is 1. The van der Waals surface area contributed by atoms with Crippen LogP contribution in [0.1, 0.15) is 24.2 Å². The van der Waals surface area contributed by atoms with Gasteiger partial charge in [-0.3, -0.25) is 4.98 Å². The monoisotopic (exact) mass is 294 g/mol. The summed E-state index contributed by atoms with van der Waals surface area (Å²) in [6.07, 6.45) is 1.65. The van der Waals surface area contributed by atoms with Crippen LogP contribution in [0.4, 0.5) is 4.39 Å². The SMILES string of the molecule is CCNC(c1ncccc1OC)c1c(F)cccc1Cl. The number of halogens is 2. The number of nitrogens with zero attached hydrogens (tertiary/aromatic N) is 1. The molecule has 1 unspecified atom stereocenters. The van der Waals surface area contributed by atoms with Crippen molar-refractivity contribution in [2.75, 3.05) is 13.7 Å². The highest BCUT2D eigenvalue weighted by atomic mass is 35.5. The fourth-order valence-corrected chi connectivity index (χ4v) is 2.39. The molecule has 0 fully saturated rings. The maximum absolute atomic E-state index is 14.2. The molecule has 2 aromatic rings. The van der Waals surface area contributed by atoms with E-state index in [1.165, 1.54) is 6.07 Å². The maximum Gasteiger partial charge on any atom is 0.142 e. The van der Waals surface area contributed by atoms with Crippen molar-refractivity contribution in [2.24, 2.45) is 0 Å². The van der Waals surface area contributed by atoms with Gasteiger partial charge in [-0.15, -0.1) is 0 Å². The van der Waals surface area contributed by atoms with Gasteiger partial charge in [-0.2, -0.15) is 0 Å². The van der Waals surface area contributed by atoms with E-state index < -0.39 is 6.04 Å². The van der Waals surface area contributed by atoms with Crippen molar-refractivity contribution in [1.82, 2.24) is 10.3 Å². The number of aromatic nitrogens is 1. The van der Waals surface area contributed by atoms with Gasteiger partial charge in [0.25, 0.3) is 0 Å². The number of rotatable bonds is 5. The number of nitrogens with one attached hydrogen (secondary N) is 1. The second-order valence-electron chi connectivity index (χ2n) is 4.22. The van der Waals surface area contributed by atoms with Crippen LogP contribution in [0.25, 0.3) is 0 Å². The molecular weight excluding hydrogens is 279 g/mol. The molecule has 1 aromatic heterocycles. The van der Waals surface area contributed by atoms with Gasteiger partial charge in [-0.1, -0.05) is 24.6 Å². The van der Waals surface area contributed by atoms with Crippen molar-refractivity contribution < 1.29 is 9.13 Å². The second kappa shape index (κ2) is 6.68. The van der Waals surface area contributed by atoms with Crippen molar-refractivity contribution >= 4 is 11.6 Å². The lowest BCUT2D eigenvalue weighted by molar-refractivity contribution is 0.399. The first-order valence-electron chi connectivity index (χ1n) is 6.35. The average molecular weight is 295 g/mol. The Labute approximate surface area is 122 Å². The smallest absolute Gasteiger partial charge is 0.142 e. The molecule has 1 heterocycles. The lowest BCUT2D eigenvalue weighted by Gasteiger charge is -2.21. The molecule has 0 amide bonds. The van der Waals surface area contributed by atoms with Gasteiger partial charge in [-0.05, 0) is 30.8 Å². The molecule has 1 aromatic carbocycles. The summed E-state index contributed by atoms with van der Waals surface area (Å²) in [6.45, 7) is 2.59. The molecule has 2 rings (SSSR count). The van der Waals surface area contributed by atoms with E-state index in [1.807, 2.05) is 6.92 Å². The Bertz CT molecular complexity index is 572. The Hall–Kier alpha value is -1.65. The van der Waals surface area contributed by atoms with Crippen LogP contribution in [0.3, 0.4) is 0 Å². The van der Waals surface area contributed by atoms with Crippen LogP contribution in [-0.4, -0.2) is 18.6 Å². The van der Waals surface area contributed by atoms with Crippen LogP contribution >= 0.6 is 11.6 Å². The summed E-state index contributed by atoms with van der Waals surface area (Å²) in [5.74, 6) is 0.230. The summed E-state index contributed by atoms with van der Waals surface area (Å²) in [6, 6.07) is 7.75. The molecule has 0 spiro atoms. The Balaban J connectivity index is 2.56. The van der Waals surface area contributed by atoms with Crippen molar-refractivity contribution in [3.8, 4) is 5.75 Å².